The number of carbonyl (C=O) groups excluding carboxylic acids is 2. The molecule has 0 radical (unpaired) electrons. The van der Waals surface area contributed by atoms with E-state index in [2.05, 4.69) is 17.2 Å². The molecule has 7 heteroatoms. The first-order valence-corrected chi connectivity index (χ1v) is 9.14. The van der Waals surface area contributed by atoms with Crippen LogP contribution in [-0.4, -0.2) is 54.0 Å². The van der Waals surface area contributed by atoms with Gasteiger partial charge in [-0.05, 0) is 12.3 Å². The van der Waals surface area contributed by atoms with E-state index in [0.29, 0.717) is 43.1 Å². The summed E-state index contributed by atoms with van der Waals surface area (Å²) >= 11 is 1.41. The van der Waals surface area contributed by atoms with Gasteiger partial charge in [0.1, 0.15) is 5.69 Å². The number of aromatic nitrogens is 1. The van der Waals surface area contributed by atoms with Crippen LogP contribution in [0.4, 0.5) is 0 Å². The zero-order chi connectivity index (χ0) is 16.0. The minimum atomic E-state index is -0.132. The van der Waals surface area contributed by atoms with Crippen molar-refractivity contribution in [1.82, 2.24) is 15.2 Å². The van der Waals surface area contributed by atoms with Crippen LogP contribution in [0.15, 0.2) is 10.9 Å². The van der Waals surface area contributed by atoms with Gasteiger partial charge in [-0.2, -0.15) is 0 Å². The second kappa shape index (κ2) is 5.87. The SMILES string of the molecule is CC1CC1C(=O)N1C[C@@H]2[C@H](CNC(=O)c3cscn3)CO[C@@H]2C1. The van der Waals surface area contributed by atoms with E-state index in [9.17, 15) is 9.59 Å². The zero-order valence-electron chi connectivity index (χ0n) is 13.1. The van der Waals surface area contributed by atoms with Crippen LogP contribution in [0.25, 0.3) is 0 Å². The molecule has 2 aliphatic heterocycles. The lowest BCUT2D eigenvalue weighted by Crippen LogP contribution is -2.36. The summed E-state index contributed by atoms with van der Waals surface area (Å²) in [7, 11) is 0. The van der Waals surface area contributed by atoms with Gasteiger partial charge in [0.15, 0.2) is 0 Å². The largest absolute Gasteiger partial charge is 0.376 e. The Kier molecular flexibility index (Phi) is 3.85. The molecule has 0 aromatic carbocycles. The van der Waals surface area contributed by atoms with E-state index in [4.69, 9.17) is 4.74 Å². The Labute approximate surface area is 139 Å². The quantitative estimate of drug-likeness (QED) is 0.891. The van der Waals surface area contributed by atoms with Crippen LogP contribution in [0.2, 0.25) is 0 Å². The van der Waals surface area contributed by atoms with Gasteiger partial charge in [0.25, 0.3) is 5.91 Å². The van der Waals surface area contributed by atoms with Gasteiger partial charge in [-0.1, -0.05) is 6.92 Å². The van der Waals surface area contributed by atoms with E-state index >= 15 is 0 Å². The molecule has 2 unspecified atom stereocenters. The predicted molar refractivity (Wildman–Crippen MR) is 85.0 cm³/mol. The number of nitrogens with zero attached hydrogens (tertiary/aromatic N) is 2. The Balaban J connectivity index is 1.31. The molecule has 2 saturated heterocycles. The first-order chi connectivity index (χ1) is 11.1. The Morgan fingerprint density at radius 1 is 1.48 bits per heavy atom. The summed E-state index contributed by atoms with van der Waals surface area (Å²) in [4.78, 5) is 30.3. The van der Waals surface area contributed by atoms with Crippen molar-refractivity contribution in [2.24, 2.45) is 23.7 Å². The fourth-order valence-electron chi connectivity index (χ4n) is 3.73. The van der Waals surface area contributed by atoms with Crippen molar-refractivity contribution in [1.29, 1.82) is 0 Å². The van der Waals surface area contributed by atoms with E-state index in [1.54, 1.807) is 10.9 Å². The molecular weight excluding hydrogens is 314 g/mol. The van der Waals surface area contributed by atoms with Crippen LogP contribution in [0, 0.1) is 23.7 Å². The molecule has 3 aliphatic rings. The molecule has 6 nitrogen and oxygen atoms in total. The summed E-state index contributed by atoms with van der Waals surface area (Å²) in [5.41, 5.74) is 2.12. The number of rotatable bonds is 4. The Hall–Kier alpha value is -1.47. The molecule has 1 saturated carbocycles. The molecule has 1 aliphatic carbocycles. The van der Waals surface area contributed by atoms with Gasteiger partial charge in [-0.3, -0.25) is 9.59 Å². The molecule has 1 N–H and O–H groups in total. The first kappa shape index (κ1) is 15.1. The van der Waals surface area contributed by atoms with Crippen LogP contribution < -0.4 is 5.32 Å². The minimum Gasteiger partial charge on any atom is -0.376 e. The van der Waals surface area contributed by atoms with E-state index < -0.39 is 0 Å². The molecular formula is C16H21N3O3S. The average molecular weight is 335 g/mol. The Morgan fingerprint density at radius 3 is 3.00 bits per heavy atom. The highest BCUT2D eigenvalue weighted by molar-refractivity contribution is 7.07. The van der Waals surface area contributed by atoms with Crippen LogP contribution in [0.1, 0.15) is 23.8 Å². The molecule has 4 rings (SSSR count). The van der Waals surface area contributed by atoms with Crippen molar-refractivity contribution in [3.8, 4) is 0 Å². The van der Waals surface area contributed by atoms with E-state index in [1.807, 2.05) is 4.90 Å². The lowest BCUT2D eigenvalue weighted by molar-refractivity contribution is -0.132. The van der Waals surface area contributed by atoms with Crippen molar-refractivity contribution in [2.75, 3.05) is 26.2 Å². The van der Waals surface area contributed by atoms with Crippen molar-refractivity contribution in [2.45, 2.75) is 19.4 Å². The predicted octanol–water partition coefficient (Wildman–Crippen LogP) is 1.00. The third kappa shape index (κ3) is 2.87. The van der Waals surface area contributed by atoms with E-state index in [1.165, 1.54) is 11.3 Å². The van der Waals surface area contributed by atoms with Gasteiger partial charge < -0.3 is 15.0 Å². The normalized spacial score (nSPS) is 35.2. The van der Waals surface area contributed by atoms with Crippen LogP contribution >= 0.6 is 11.3 Å². The summed E-state index contributed by atoms with van der Waals surface area (Å²) < 4.78 is 5.86. The maximum Gasteiger partial charge on any atom is 0.270 e. The highest BCUT2D eigenvalue weighted by Gasteiger charge is 2.49. The second-order valence-corrected chi connectivity index (χ2v) is 7.66. The number of amides is 2. The van der Waals surface area contributed by atoms with Gasteiger partial charge in [0.2, 0.25) is 5.91 Å². The molecule has 0 spiro atoms. The Bertz CT molecular complexity index is 606. The van der Waals surface area contributed by atoms with Crippen molar-refractivity contribution in [3.63, 3.8) is 0 Å². The molecule has 23 heavy (non-hydrogen) atoms. The number of thiazole rings is 1. The molecule has 3 fully saturated rings. The second-order valence-electron chi connectivity index (χ2n) is 6.94. The molecule has 3 heterocycles. The lowest BCUT2D eigenvalue weighted by Gasteiger charge is -2.20. The summed E-state index contributed by atoms with van der Waals surface area (Å²) in [5, 5.41) is 4.69. The summed E-state index contributed by atoms with van der Waals surface area (Å²) in [6, 6.07) is 0. The number of nitrogens with one attached hydrogen (secondary N) is 1. The molecule has 1 aromatic rings. The summed E-state index contributed by atoms with van der Waals surface area (Å²) in [6.45, 7) is 4.86. The number of carbonyl (C=O) groups is 2. The minimum absolute atomic E-state index is 0.132. The van der Waals surface area contributed by atoms with Crippen LogP contribution in [-0.2, 0) is 9.53 Å². The number of hydrogen-bond donors (Lipinski definition) is 1. The first-order valence-electron chi connectivity index (χ1n) is 8.20. The summed E-state index contributed by atoms with van der Waals surface area (Å²) in [6.07, 6.45) is 1.16. The maximum absolute atomic E-state index is 12.4. The fraction of sp³-hybridized carbons (Fsp3) is 0.688. The standard InChI is InChI=1S/C16H21N3O3S/c1-9-2-11(9)16(21)19-4-12-10(6-22-14(12)5-19)3-17-15(20)13-7-23-8-18-13/h7-12,14H,2-6H2,1H3,(H,17,20)/t9?,10-,11?,12-,14-/m1/s1. The lowest BCUT2D eigenvalue weighted by atomic mass is 9.93. The topological polar surface area (TPSA) is 71.5 Å². The fourth-order valence-corrected chi connectivity index (χ4v) is 4.26. The van der Waals surface area contributed by atoms with Crippen molar-refractivity contribution >= 4 is 23.2 Å². The highest BCUT2D eigenvalue weighted by atomic mass is 32.1. The van der Waals surface area contributed by atoms with Gasteiger partial charge >= 0.3 is 0 Å². The smallest absolute Gasteiger partial charge is 0.270 e. The molecule has 2 amide bonds. The van der Waals surface area contributed by atoms with E-state index in [0.717, 1.165) is 13.0 Å². The summed E-state index contributed by atoms with van der Waals surface area (Å²) in [5.74, 6) is 1.54. The average Bonchev–Trinajstić information content (AvgIpc) is 2.99. The number of hydrogen-bond acceptors (Lipinski definition) is 5. The van der Waals surface area contributed by atoms with Gasteiger partial charge in [0, 0.05) is 42.8 Å². The third-order valence-electron chi connectivity index (χ3n) is 5.37. The molecule has 5 atom stereocenters. The molecule has 124 valence electrons. The van der Waals surface area contributed by atoms with Gasteiger partial charge in [-0.15, -0.1) is 11.3 Å². The third-order valence-corrected chi connectivity index (χ3v) is 5.95. The van der Waals surface area contributed by atoms with Gasteiger partial charge in [0.05, 0.1) is 18.2 Å². The highest BCUT2D eigenvalue weighted by Crippen LogP contribution is 2.41. The van der Waals surface area contributed by atoms with Crippen molar-refractivity contribution < 1.29 is 14.3 Å². The van der Waals surface area contributed by atoms with Crippen LogP contribution in [0.3, 0.4) is 0 Å². The van der Waals surface area contributed by atoms with Crippen LogP contribution in [0.5, 0.6) is 0 Å². The number of ether oxygens (including phenoxy) is 1. The molecule has 1 aromatic heterocycles. The van der Waals surface area contributed by atoms with E-state index in [-0.39, 0.29) is 23.8 Å². The number of fused-ring (bicyclic) bond motifs is 1. The van der Waals surface area contributed by atoms with Gasteiger partial charge in [-0.25, -0.2) is 4.98 Å². The zero-order valence-corrected chi connectivity index (χ0v) is 13.9. The maximum atomic E-state index is 12.4. The monoisotopic (exact) mass is 335 g/mol. The Morgan fingerprint density at radius 2 is 2.30 bits per heavy atom. The molecule has 0 bridgehead atoms. The van der Waals surface area contributed by atoms with Crippen molar-refractivity contribution in [3.05, 3.63) is 16.6 Å². The number of likely N-dealkylation sites (tertiary alicyclic amines) is 1.